The fourth-order valence-corrected chi connectivity index (χ4v) is 1.69. The maximum Gasteiger partial charge on any atom is 0.304 e. The first kappa shape index (κ1) is 11.5. The first-order valence-corrected chi connectivity index (χ1v) is 5.34. The molecule has 0 saturated carbocycles. The van der Waals surface area contributed by atoms with E-state index in [1.54, 1.807) is 6.20 Å². The number of carboxylic acids is 1. The molecule has 1 unspecified atom stereocenters. The summed E-state index contributed by atoms with van der Waals surface area (Å²) in [7, 11) is 0. The van der Waals surface area contributed by atoms with Gasteiger partial charge in [-0.3, -0.25) is 9.78 Å². The highest BCUT2D eigenvalue weighted by Gasteiger charge is 2.16. The van der Waals surface area contributed by atoms with Crippen LogP contribution in [0.4, 0.5) is 0 Å². The minimum Gasteiger partial charge on any atom is -0.481 e. The smallest absolute Gasteiger partial charge is 0.304 e. The standard InChI is InChI=1S/C12H13N3O2/c13-6-8(5-12(16)17)11-7-14-9-3-1-2-4-10(9)15-11/h1-4,7-8H,5-6,13H2,(H,16,17). The molecule has 0 aliphatic carbocycles. The molecule has 5 nitrogen and oxygen atoms in total. The van der Waals surface area contributed by atoms with E-state index in [2.05, 4.69) is 9.97 Å². The van der Waals surface area contributed by atoms with Gasteiger partial charge in [-0.2, -0.15) is 0 Å². The van der Waals surface area contributed by atoms with Gasteiger partial charge in [0.15, 0.2) is 0 Å². The molecule has 0 bridgehead atoms. The maximum atomic E-state index is 10.7. The number of hydrogen-bond acceptors (Lipinski definition) is 4. The average Bonchev–Trinajstić information content (AvgIpc) is 2.35. The summed E-state index contributed by atoms with van der Waals surface area (Å²) in [5.74, 6) is -1.17. The van der Waals surface area contributed by atoms with Gasteiger partial charge in [-0.25, -0.2) is 4.98 Å². The summed E-state index contributed by atoms with van der Waals surface area (Å²) in [4.78, 5) is 19.3. The number of carbonyl (C=O) groups is 1. The topological polar surface area (TPSA) is 89.1 Å². The van der Waals surface area contributed by atoms with E-state index in [-0.39, 0.29) is 18.9 Å². The van der Waals surface area contributed by atoms with Gasteiger partial charge in [-0.05, 0) is 12.1 Å². The van der Waals surface area contributed by atoms with Gasteiger partial charge < -0.3 is 10.8 Å². The van der Waals surface area contributed by atoms with Gasteiger partial charge in [-0.1, -0.05) is 12.1 Å². The van der Waals surface area contributed by atoms with Crippen molar-refractivity contribution in [3.8, 4) is 0 Å². The number of rotatable bonds is 4. The highest BCUT2D eigenvalue weighted by atomic mass is 16.4. The highest BCUT2D eigenvalue weighted by molar-refractivity contribution is 5.74. The van der Waals surface area contributed by atoms with Crippen molar-refractivity contribution in [1.82, 2.24) is 9.97 Å². The number of nitrogens with zero attached hydrogens (tertiary/aromatic N) is 2. The van der Waals surface area contributed by atoms with E-state index >= 15 is 0 Å². The molecule has 1 aromatic carbocycles. The summed E-state index contributed by atoms with van der Waals surface area (Å²) in [5.41, 5.74) is 7.75. The van der Waals surface area contributed by atoms with Crippen LogP contribution in [0.3, 0.4) is 0 Å². The minimum atomic E-state index is -0.879. The Labute approximate surface area is 98.3 Å². The zero-order valence-electron chi connectivity index (χ0n) is 9.21. The summed E-state index contributed by atoms with van der Waals surface area (Å²) in [6, 6.07) is 7.46. The van der Waals surface area contributed by atoms with Gasteiger partial charge in [0.1, 0.15) is 0 Å². The molecule has 2 rings (SSSR count). The second kappa shape index (κ2) is 4.88. The minimum absolute atomic E-state index is 0.0243. The third-order valence-electron chi connectivity index (χ3n) is 2.59. The molecule has 0 fully saturated rings. The van der Waals surface area contributed by atoms with Crippen molar-refractivity contribution >= 4 is 17.0 Å². The third kappa shape index (κ3) is 2.57. The van der Waals surface area contributed by atoms with E-state index in [1.165, 1.54) is 0 Å². The molecular weight excluding hydrogens is 218 g/mol. The third-order valence-corrected chi connectivity index (χ3v) is 2.59. The molecule has 0 saturated heterocycles. The predicted molar refractivity (Wildman–Crippen MR) is 63.6 cm³/mol. The molecule has 0 spiro atoms. The van der Waals surface area contributed by atoms with Gasteiger partial charge in [0, 0.05) is 18.7 Å². The van der Waals surface area contributed by atoms with Crippen LogP contribution in [0.25, 0.3) is 11.0 Å². The van der Waals surface area contributed by atoms with Gasteiger partial charge >= 0.3 is 5.97 Å². The molecule has 1 heterocycles. The summed E-state index contributed by atoms with van der Waals surface area (Å²) in [6.07, 6.45) is 1.58. The van der Waals surface area contributed by atoms with Crippen LogP contribution in [0.2, 0.25) is 0 Å². The van der Waals surface area contributed by atoms with E-state index in [4.69, 9.17) is 10.8 Å². The van der Waals surface area contributed by atoms with Crippen LogP contribution >= 0.6 is 0 Å². The zero-order chi connectivity index (χ0) is 12.3. The molecule has 0 aliphatic rings. The molecule has 0 amide bonds. The van der Waals surface area contributed by atoms with Crippen molar-refractivity contribution in [2.24, 2.45) is 5.73 Å². The van der Waals surface area contributed by atoms with E-state index in [1.807, 2.05) is 24.3 Å². The van der Waals surface area contributed by atoms with Crippen molar-refractivity contribution in [2.45, 2.75) is 12.3 Å². The number of aliphatic carboxylic acids is 1. The van der Waals surface area contributed by atoms with Crippen LogP contribution in [0.15, 0.2) is 30.5 Å². The Balaban J connectivity index is 2.37. The van der Waals surface area contributed by atoms with Crippen LogP contribution in [0, 0.1) is 0 Å². The highest BCUT2D eigenvalue weighted by Crippen LogP contribution is 2.18. The number of carboxylic acid groups (broad SMARTS) is 1. The Morgan fingerprint density at radius 2 is 2.06 bits per heavy atom. The van der Waals surface area contributed by atoms with Gasteiger partial charge in [-0.15, -0.1) is 0 Å². The lowest BCUT2D eigenvalue weighted by Crippen LogP contribution is -2.17. The zero-order valence-corrected chi connectivity index (χ0v) is 9.21. The van der Waals surface area contributed by atoms with Crippen molar-refractivity contribution < 1.29 is 9.90 Å². The maximum absolute atomic E-state index is 10.7. The lowest BCUT2D eigenvalue weighted by Gasteiger charge is -2.11. The molecule has 1 aromatic heterocycles. The van der Waals surface area contributed by atoms with E-state index in [0.29, 0.717) is 5.69 Å². The Morgan fingerprint density at radius 1 is 1.35 bits per heavy atom. The van der Waals surface area contributed by atoms with Gasteiger partial charge in [0.2, 0.25) is 0 Å². The second-order valence-corrected chi connectivity index (χ2v) is 3.81. The molecule has 17 heavy (non-hydrogen) atoms. The Hall–Kier alpha value is -2.01. The fourth-order valence-electron chi connectivity index (χ4n) is 1.69. The number of aromatic nitrogens is 2. The predicted octanol–water partition coefficient (Wildman–Crippen LogP) is 1.15. The van der Waals surface area contributed by atoms with Crippen molar-refractivity contribution in [3.05, 3.63) is 36.2 Å². The second-order valence-electron chi connectivity index (χ2n) is 3.81. The SMILES string of the molecule is NCC(CC(=O)O)c1cnc2ccccc2n1. The van der Waals surface area contributed by atoms with Gasteiger partial charge in [0.25, 0.3) is 0 Å². The van der Waals surface area contributed by atoms with Crippen molar-refractivity contribution in [1.29, 1.82) is 0 Å². The molecular formula is C12H13N3O2. The Morgan fingerprint density at radius 3 is 2.71 bits per heavy atom. The van der Waals surface area contributed by atoms with Crippen LogP contribution in [0.1, 0.15) is 18.0 Å². The number of benzene rings is 1. The van der Waals surface area contributed by atoms with E-state index in [0.717, 1.165) is 11.0 Å². The lowest BCUT2D eigenvalue weighted by atomic mass is 10.0. The summed E-state index contributed by atoms with van der Waals surface area (Å²) in [6.45, 7) is 0.249. The molecule has 2 aromatic rings. The Kier molecular flexibility index (Phi) is 3.30. The molecule has 5 heteroatoms. The number of nitrogens with two attached hydrogens (primary N) is 1. The molecule has 88 valence electrons. The molecule has 0 aliphatic heterocycles. The van der Waals surface area contributed by atoms with E-state index in [9.17, 15) is 4.79 Å². The molecule has 1 atom stereocenters. The summed E-state index contributed by atoms with van der Waals surface area (Å²) in [5, 5.41) is 8.79. The summed E-state index contributed by atoms with van der Waals surface area (Å²) < 4.78 is 0. The fraction of sp³-hybridized carbons (Fsp3) is 0.250. The van der Waals surface area contributed by atoms with Crippen LogP contribution in [-0.2, 0) is 4.79 Å². The molecule has 3 N–H and O–H groups in total. The van der Waals surface area contributed by atoms with Gasteiger partial charge in [0.05, 0.1) is 23.1 Å². The first-order valence-electron chi connectivity index (χ1n) is 5.34. The molecule has 0 radical (unpaired) electrons. The van der Waals surface area contributed by atoms with Crippen LogP contribution in [-0.4, -0.2) is 27.6 Å². The number of hydrogen-bond donors (Lipinski definition) is 2. The quantitative estimate of drug-likeness (QED) is 0.823. The van der Waals surface area contributed by atoms with E-state index < -0.39 is 5.97 Å². The summed E-state index contributed by atoms with van der Waals surface area (Å²) >= 11 is 0. The van der Waals surface area contributed by atoms with Crippen LogP contribution < -0.4 is 5.73 Å². The van der Waals surface area contributed by atoms with Crippen LogP contribution in [0.5, 0.6) is 0 Å². The van der Waals surface area contributed by atoms with Crippen molar-refractivity contribution in [3.63, 3.8) is 0 Å². The number of para-hydroxylation sites is 2. The Bertz CT molecular complexity index is 542. The number of fused-ring (bicyclic) bond motifs is 1. The largest absolute Gasteiger partial charge is 0.481 e. The lowest BCUT2D eigenvalue weighted by molar-refractivity contribution is -0.137. The monoisotopic (exact) mass is 231 g/mol. The normalized spacial score (nSPS) is 12.5. The first-order chi connectivity index (χ1) is 8.20. The van der Waals surface area contributed by atoms with Crippen molar-refractivity contribution in [2.75, 3.05) is 6.54 Å². The average molecular weight is 231 g/mol.